The molecule has 1 fully saturated rings. The number of hydrogen-bond acceptors (Lipinski definition) is 3. The van der Waals surface area contributed by atoms with Gasteiger partial charge in [0.05, 0.1) is 24.9 Å². The van der Waals surface area contributed by atoms with Crippen molar-refractivity contribution in [2.45, 2.75) is 65.2 Å². The van der Waals surface area contributed by atoms with E-state index in [1.165, 1.54) is 0 Å². The maximum Gasteiger partial charge on any atom is 0.241 e. The van der Waals surface area contributed by atoms with Crippen molar-refractivity contribution in [3.63, 3.8) is 0 Å². The predicted molar refractivity (Wildman–Crippen MR) is 73.3 cm³/mol. The molecule has 4 nitrogen and oxygen atoms in total. The van der Waals surface area contributed by atoms with Gasteiger partial charge in [0.25, 0.3) is 0 Å². The van der Waals surface area contributed by atoms with E-state index in [-0.39, 0.29) is 24.2 Å². The van der Waals surface area contributed by atoms with Crippen LogP contribution < -0.4 is 5.32 Å². The molecule has 1 N–H and O–H groups in total. The quantitative estimate of drug-likeness (QED) is 0.757. The molecule has 0 aliphatic carbocycles. The van der Waals surface area contributed by atoms with E-state index in [4.69, 9.17) is 4.74 Å². The van der Waals surface area contributed by atoms with E-state index in [2.05, 4.69) is 33.0 Å². The molecule has 1 amide bonds. The van der Waals surface area contributed by atoms with Gasteiger partial charge in [-0.05, 0) is 25.7 Å². The third kappa shape index (κ3) is 3.69. The highest BCUT2D eigenvalue weighted by molar-refractivity contribution is 5.84. The van der Waals surface area contributed by atoms with Gasteiger partial charge < -0.3 is 9.64 Å². The average molecular weight is 256 g/mol. The normalized spacial score (nSPS) is 26.1. The van der Waals surface area contributed by atoms with Crippen LogP contribution in [0.3, 0.4) is 0 Å². The van der Waals surface area contributed by atoms with Crippen molar-refractivity contribution in [3.8, 4) is 0 Å². The smallest absolute Gasteiger partial charge is 0.241 e. The summed E-state index contributed by atoms with van der Waals surface area (Å²) in [6.07, 6.45) is 3.18. The molecule has 1 rings (SSSR count). The van der Waals surface area contributed by atoms with Crippen LogP contribution >= 0.6 is 0 Å². The molecule has 0 spiro atoms. The van der Waals surface area contributed by atoms with Crippen LogP contribution in [-0.4, -0.2) is 42.8 Å². The van der Waals surface area contributed by atoms with E-state index >= 15 is 0 Å². The standard InChI is InChI=1S/C14H28N2O2/c1-6-7-13-15-12(8-10(2)3)14(17)16(13)11(4)9-18-5/h10-13,15H,6-9H2,1-5H3. The summed E-state index contributed by atoms with van der Waals surface area (Å²) in [7, 11) is 1.69. The lowest BCUT2D eigenvalue weighted by molar-refractivity contribution is -0.133. The number of hydrogen-bond donors (Lipinski definition) is 1. The summed E-state index contributed by atoms with van der Waals surface area (Å²) in [5.74, 6) is 0.776. The maximum absolute atomic E-state index is 12.5. The summed E-state index contributed by atoms with van der Waals surface area (Å²) in [6, 6.07) is 0.129. The topological polar surface area (TPSA) is 41.6 Å². The monoisotopic (exact) mass is 256 g/mol. The summed E-state index contributed by atoms with van der Waals surface area (Å²) in [6.45, 7) is 9.13. The molecular weight excluding hydrogens is 228 g/mol. The number of carbonyl (C=O) groups is 1. The Morgan fingerprint density at radius 2 is 2.06 bits per heavy atom. The molecule has 0 aromatic carbocycles. The molecule has 3 atom stereocenters. The lowest BCUT2D eigenvalue weighted by Crippen LogP contribution is -2.45. The molecule has 0 aromatic heterocycles. The summed E-state index contributed by atoms with van der Waals surface area (Å²) in [4.78, 5) is 14.4. The Hall–Kier alpha value is -0.610. The highest BCUT2D eigenvalue weighted by atomic mass is 16.5. The molecule has 1 aliphatic heterocycles. The van der Waals surface area contributed by atoms with Gasteiger partial charge in [-0.15, -0.1) is 0 Å². The summed E-state index contributed by atoms with van der Waals surface area (Å²) < 4.78 is 5.19. The zero-order valence-corrected chi connectivity index (χ0v) is 12.4. The van der Waals surface area contributed by atoms with Gasteiger partial charge >= 0.3 is 0 Å². The molecule has 1 saturated heterocycles. The zero-order valence-electron chi connectivity index (χ0n) is 12.4. The van der Waals surface area contributed by atoms with Gasteiger partial charge in [0.1, 0.15) is 0 Å². The Morgan fingerprint density at radius 1 is 1.39 bits per heavy atom. The third-order valence-corrected chi connectivity index (χ3v) is 3.43. The van der Waals surface area contributed by atoms with Crippen molar-refractivity contribution in [2.75, 3.05) is 13.7 Å². The fourth-order valence-corrected chi connectivity index (χ4v) is 2.70. The molecule has 1 aliphatic rings. The maximum atomic E-state index is 12.5. The van der Waals surface area contributed by atoms with Crippen molar-refractivity contribution >= 4 is 5.91 Å². The number of amides is 1. The second-order valence-corrected chi connectivity index (χ2v) is 5.70. The second kappa shape index (κ2) is 7.10. The zero-order chi connectivity index (χ0) is 13.7. The number of carbonyl (C=O) groups excluding carboxylic acids is 1. The first-order valence-corrected chi connectivity index (χ1v) is 7.08. The third-order valence-electron chi connectivity index (χ3n) is 3.43. The minimum Gasteiger partial charge on any atom is -0.383 e. The number of methoxy groups -OCH3 is 1. The van der Waals surface area contributed by atoms with Crippen LogP contribution in [0, 0.1) is 5.92 Å². The Morgan fingerprint density at radius 3 is 2.56 bits per heavy atom. The van der Waals surface area contributed by atoms with Gasteiger partial charge in [-0.1, -0.05) is 27.2 Å². The van der Waals surface area contributed by atoms with Crippen LogP contribution in [0.5, 0.6) is 0 Å². The van der Waals surface area contributed by atoms with Gasteiger partial charge in [-0.3, -0.25) is 10.1 Å². The van der Waals surface area contributed by atoms with Crippen molar-refractivity contribution < 1.29 is 9.53 Å². The van der Waals surface area contributed by atoms with Gasteiger partial charge in [-0.25, -0.2) is 0 Å². The van der Waals surface area contributed by atoms with Crippen molar-refractivity contribution in [3.05, 3.63) is 0 Å². The number of rotatable bonds is 7. The van der Waals surface area contributed by atoms with E-state index in [1.807, 2.05) is 4.90 Å². The molecule has 1 heterocycles. The van der Waals surface area contributed by atoms with Gasteiger partial charge in [0.15, 0.2) is 0 Å². The number of nitrogens with zero attached hydrogens (tertiary/aromatic N) is 1. The van der Waals surface area contributed by atoms with E-state index in [1.54, 1.807) is 7.11 Å². The van der Waals surface area contributed by atoms with Crippen LogP contribution in [0.4, 0.5) is 0 Å². The van der Waals surface area contributed by atoms with Crippen LogP contribution in [-0.2, 0) is 9.53 Å². The first kappa shape index (κ1) is 15.4. The molecule has 18 heavy (non-hydrogen) atoms. The van der Waals surface area contributed by atoms with Crippen molar-refractivity contribution in [1.29, 1.82) is 0 Å². The van der Waals surface area contributed by atoms with Crippen LogP contribution in [0.2, 0.25) is 0 Å². The first-order chi connectivity index (χ1) is 8.51. The highest BCUT2D eigenvalue weighted by Gasteiger charge is 2.40. The van der Waals surface area contributed by atoms with E-state index < -0.39 is 0 Å². The number of nitrogens with one attached hydrogen (secondary N) is 1. The minimum absolute atomic E-state index is 0.0131. The van der Waals surface area contributed by atoms with Gasteiger partial charge in [0.2, 0.25) is 5.91 Å². The van der Waals surface area contributed by atoms with Crippen molar-refractivity contribution in [1.82, 2.24) is 10.2 Å². The minimum atomic E-state index is -0.0131. The summed E-state index contributed by atoms with van der Waals surface area (Å²) >= 11 is 0. The van der Waals surface area contributed by atoms with Crippen LogP contribution in [0.25, 0.3) is 0 Å². The molecule has 3 unspecified atom stereocenters. The van der Waals surface area contributed by atoms with Crippen LogP contribution in [0.15, 0.2) is 0 Å². The van der Waals surface area contributed by atoms with E-state index in [0.29, 0.717) is 12.5 Å². The Bertz CT molecular complexity index is 269. The van der Waals surface area contributed by atoms with E-state index in [9.17, 15) is 4.79 Å². The fourth-order valence-electron chi connectivity index (χ4n) is 2.70. The van der Waals surface area contributed by atoms with Gasteiger partial charge in [-0.2, -0.15) is 0 Å². The second-order valence-electron chi connectivity index (χ2n) is 5.70. The predicted octanol–water partition coefficient (Wildman–Crippen LogP) is 1.99. The fraction of sp³-hybridized carbons (Fsp3) is 0.929. The molecule has 0 saturated carbocycles. The molecule has 106 valence electrons. The molecule has 0 bridgehead atoms. The van der Waals surface area contributed by atoms with E-state index in [0.717, 1.165) is 19.3 Å². The SMILES string of the molecule is CCCC1NC(CC(C)C)C(=O)N1C(C)COC. The largest absolute Gasteiger partial charge is 0.383 e. The Labute approximate surface area is 111 Å². The average Bonchev–Trinajstić information content (AvgIpc) is 2.56. The van der Waals surface area contributed by atoms with Crippen LogP contribution in [0.1, 0.15) is 47.0 Å². The first-order valence-electron chi connectivity index (χ1n) is 7.08. The Balaban J connectivity index is 2.73. The molecule has 0 radical (unpaired) electrons. The van der Waals surface area contributed by atoms with Gasteiger partial charge in [0, 0.05) is 7.11 Å². The highest BCUT2D eigenvalue weighted by Crippen LogP contribution is 2.22. The number of ether oxygens (including phenoxy) is 1. The molecule has 4 heteroatoms. The summed E-state index contributed by atoms with van der Waals surface area (Å²) in [5, 5.41) is 3.48. The Kier molecular flexibility index (Phi) is 6.09. The summed E-state index contributed by atoms with van der Waals surface area (Å²) in [5.41, 5.74) is 0. The van der Waals surface area contributed by atoms with Crippen molar-refractivity contribution in [2.24, 2.45) is 5.92 Å². The molecule has 0 aromatic rings. The molecular formula is C14H28N2O2. The lowest BCUT2D eigenvalue weighted by Gasteiger charge is -2.29. The lowest BCUT2D eigenvalue weighted by atomic mass is 10.0.